The zero-order valence-corrected chi connectivity index (χ0v) is 11.6. The fourth-order valence-electron chi connectivity index (χ4n) is 2.03. The summed E-state index contributed by atoms with van der Waals surface area (Å²) in [5.41, 5.74) is 1.77. The number of hydrogen-bond donors (Lipinski definition) is 2. The molecule has 0 aliphatic heterocycles. The maximum Gasteiger partial charge on any atom is 0.338 e. The van der Waals surface area contributed by atoms with Gasteiger partial charge in [0.2, 0.25) is 5.91 Å². The fourth-order valence-corrected chi connectivity index (χ4v) is 2.83. The Hall–Kier alpha value is -2.67. The van der Waals surface area contributed by atoms with Crippen molar-refractivity contribution >= 4 is 39.2 Å². The average Bonchev–Trinajstić information content (AvgIpc) is 3.06. The molecule has 2 N–H and O–H groups in total. The summed E-state index contributed by atoms with van der Waals surface area (Å²) in [6, 6.07) is 8.97. The molecule has 1 amide bonds. The first-order valence-electron chi connectivity index (χ1n) is 6.15. The number of nitrogens with one attached hydrogen (secondary N) is 1. The Morgan fingerprint density at radius 1 is 1.29 bits per heavy atom. The molecule has 0 unspecified atom stereocenters. The molecule has 2 heterocycles. The predicted octanol–water partition coefficient (Wildman–Crippen LogP) is 2.43. The number of aromatic nitrogens is 2. The molecule has 106 valence electrons. The number of rotatable bonds is 4. The number of carbonyl (C=O) groups excluding carboxylic acids is 1. The minimum atomic E-state index is -1.06. The molecule has 0 aliphatic carbocycles. The molecule has 2 aromatic heterocycles. The lowest BCUT2D eigenvalue weighted by molar-refractivity contribution is -0.116. The van der Waals surface area contributed by atoms with E-state index in [1.165, 1.54) is 17.4 Å². The van der Waals surface area contributed by atoms with Crippen LogP contribution in [-0.2, 0) is 11.3 Å². The zero-order valence-electron chi connectivity index (χ0n) is 10.8. The predicted molar refractivity (Wildman–Crippen MR) is 79.6 cm³/mol. The van der Waals surface area contributed by atoms with Crippen molar-refractivity contribution in [3.05, 3.63) is 47.6 Å². The molecule has 1 aromatic carbocycles. The number of carbonyl (C=O) groups is 2. The van der Waals surface area contributed by atoms with Crippen LogP contribution in [0, 0.1) is 0 Å². The maximum atomic E-state index is 12.1. The van der Waals surface area contributed by atoms with Crippen LogP contribution >= 0.6 is 11.3 Å². The van der Waals surface area contributed by atoms with E-state index < -0.39 is 5.97 Å². The number of nitrogens with zero attached hydrogens (tertiary/aromatic N) is 2. The highest BCUT2D eigenvalue weighted by molar-refractivity contribution is 7.14. The summed E-state index contributed by atoms with van der Waals surface area (Å²) in [5, 5.41) is 13.6. The van der Waals surface area contributed by atoms with Crippen LogP contribution < -0.4 is 5.32 Å². The molecule has 21 heavy (non-hydrogen) atoms. The van der Waals surface area contributed by atoms with Crippen molar-refractivity contribution in [2.24, 2.45) is 0 Å². The van der Waals surface area contributed by atoms with Gasteiger partial charge in [-0.2, -0.15) is 0 Å². The molecule has 0 bridgehead atoms. The molecule has 3 rings (SSSR count). The van der Waals surface area contributed by atoms with E-state index in [1.807, 2.05) is 24.3 Å². The number of aromatic carboxylic acids is 1. The number of para-hydroxylation sites is 2. The third-order valence-electron chi connectivity index (χ3n) is 2.99. The van der Waals surface area contributed by atoms with Gasteiger partial charge in [0.15, 0.2) is 0 Å². The molecule has 0 atom stereocenters. The molecule has 0 radical (unpaired) electrons. The number of hydrogen-bond acceptors (Lipinski definition) is 4. The van der Waals surface area contributed by atoms with Gasteiger partial charge in [-0.1, -0.05) is 12.1 Å². The van der Waals surface area contributed by atoms with Crippen LogP contribution in [0.5, 0.6) is 0 Å². The first-order valence-corrected chi connectivity index (χ1v) is 7.03. The van der Waals surface area contributed by atoms with Gasteiger partial charge in [0.25, 0.3) is 0 Å². The largest absolute Gasteiger partial charge is 0.478 e. The second-order valence-corrected chi connectivity index (χ2v) is 5.29. The van der Waals surface area contributed by atoms with E-state index in [2.05, 4.69) is 10.3 Å². The fraction of sp³-hybridized carbons (Fsp3) is 0.0714. The number of imidazole rings is 1. The number of amides is 1. The molecule has 0 fully saturated rings. The lowest BCUT2D eigenvalue weighted by atomic mass is 10.3. The van der Waals surface area contributed by atoms with Gasteiger partial charge in [0, 0.05) is 0 Å². The normalized spacial score (nSPS) is 10.7. The second kappa shape index (κ2) is 5.37. The summed E-state index contributed by atoms with van der Waals surface area (Å²) in [5.74, 6) is -1.34. The van der Waals surface area contributed by atoms with Crippen LogP contribution in [0.4, 0.5) is 5.00 Å². The lowest BCUT2D eigenvalue weighted by Gasteiger charge is -2.06. The molecule has 0 spiro atoms. The Kier molecular flexibility index (Phi) is 3.41. The molecule has 6 nitrogen and oxygen atoms in total. The lowest BCUT2D eigenvalue weighted by Crippen LogP contribution is -2.18. The van der Waals surface area contributed by atoms with Crippen molar-refractivity contribution in [3.8, 4) is 0 Å². The summed E-state index contributed by atoms with van der Waals surface area (Å²) in [4.78, 5) is 27.3. The zero-order chi connectivity index (χ0) is 14.8. The van der Waals surface area contributed by atoms with Crippen LogP contribution in [0.1, 0.15) is 10.4 Å². The topological polar surface area (TPSA) is 84.2 Å². The first-order chi connectivity index (χ1) is 10.1. The van der Waals surface area contributed by atoms with Crippen LogP contribution in [0.15, 0.2) is 42.0 Å². The molecule has 0 saturated carbocycles. The van der Waals surface area contributed by atoms with Crippen molar-refractivity contribution in [2.45, 2.75) is 6.54 Å². The molecular formula is C14H11N3O3S. The van der Waals surface area contributed by atoms with Gasteiger partial charge in [-0.3, -0.25) is 4.79 Å². The van der Waals surface area contributed by atoms with Gasteiger partial charge in [-0.15, -0.1) is 11.3 Å². The Bertz CT molecular complexity index is 822. The first kappa shape index (κ1) is 13.3. The SMILES string of the molecule is O=C(Cn1cnc2ccccc21)Nc1sccc1C(=O)O. The second-order valence-electron chi connectivity index (χ2n) is 4.38. The molecule has 0 aliphatic rings. The quantitative estimate of drug-likeness (QED) is 0.775. The van der Waals surface area contributed by atoms with Gasteiger partial charge in [0.1, 0.15) is 11.5 Å². The third-order valence-corrected chi connectivity index (χ3v) is 3.82. The highest BCUT2D eigenvalue weighted by atomic mass is 32.1. The van der Waals surface area contributed by atoms with Crippen LogP contribution in [-0.4, -0.2) is 26.5 Å². The Morgan fingerprint density at radius 2 is 2.10 bits per heavy atom. The standard InChI is InChI=1S/C14H11N3O3S/c18-12(16-13-9(14(19)20)5-6-21-13)7-17-8-15-10-3-1-2-4-11(10)17/h1-6,8H,7H2,(H,16,18)(H,19,20). The summed E-state index contributed by atoms with van der Waals surface area (Å²) in [6.07, 6.45) is 1.59. The maximum absolute atomic E-state index is 12.1. The van der Waals surface area contributed by atoms with Crippen molar-refractivity contribution in [1.29, 1.82) is 0 Å². The summed E-state index contributed by atoms with van der Waals surface area (Å²) in [6.45, 7) is 0.0808. The number of benzene rings is 1. The summed E-state index contributed by atoms with van der Waals surface area (Å²) in [7, 11) is 0. The minimum Gasteiger partial charge on any atom is -0.478 e. The van der Waals surface area contributed by atoms with E-state index >= 15 is 0 Å². The number of anilines is 1. The van der Waals surface area contributed by atoms with E-state index in [-0.39, 0.29) is 18.0 Å². The van der Waals surface area contributed by atoms with E-state index in [0.29, 0.717) is 5.00 Å². The highest BCUT2D eigenvalue weighted by Crippen LogP contribution is 2.23. The van der Waals surface area contributed by atoms with Gasteiger partial charge < -0.3 is 15.0 Å². The van der Waals surface area contributed by atoms with E-state index in [0.717, 1.165) is 11.0 Å². The number of carboxylic acids is 1. The highest BCUT2D eigenvalue weighted by Gasteiger charge is 2.14. The van der Waals surface area contributed by atoms with Gasteiger partial charge in [-0.25, -0.2) is 9.78 Å². The average molecular weight is 301 g/mol. The Labute approximate surface area is 123 Å². The van der Waals surface area contributed by atoms with Crippen molar-refractivity contribution < 1.29 is 14.7 Å². The smallest absolute Gasteiger partial charge is 0.338 e. The number of fused-ring (bicyclic) bond motifs is 1. The monoisotopic (exact) mass is 301 g/mol. The van der Waals surface area contributed by atoms with E-state index in [1.54, 1.807) is 16.3 Å². The van der Waals surface area contributed by atoms with E-state index in [9.17, 15) is 9.59 Å². The Balaban J connectivity index is 1.78. The van der Waals surface area contributed by atoms with Gasteiger partial charge >= 0.3 is 5.97 Å². The molecular weight excluding hydrogens is 290 g/mol. The van der Waals surface area contributed by atoms with Crippen LogP contribution in [0.2, 0.25) is 0 Å². The van der Waals surface area contributed by atoms with Crippen molar-refractivity contribution in [2.75, 3.05) is 5.32 Å². The molecule has 7 heteroatoms. The third kappa shape index (κ3) is 2.63. The van der Waals surface area contributed by atoms with E-state index in [4.69, 9.17) is 5.11 Å². The number of thiophene rings is 1. The summed E-state index contributed by atoms with van der Waals surface area (Å²) >= 11 is 1.18. The number of carboxylic acid groups (broad SMARTS) is 1. The molecule has 3 aromatic rings. The van der Waals surface area contributed by atoms with Gasteiger partial charge in [0.05, 0.1) is 22.9 Å². The van der Waals surface area contributed by atoms with Gasteiger partial charge in [-0.05, 0) is 23.6 Å². The van der Waals surface area contributed by atoms with Crippen molar-refractivity contribution in [3.63, 3.8) is 0 Å². The summed E-state index contributed by atoms with van der Waals surface area (Å²) < 4.78 is 1.72. The van der Waals surface area contributed by atoms with Crippen molar-refractivity contribution in [1.82, 2.24) is 9.55 Å². The Morgan fingerprint density at radius 3 is 2.90 bits per heavy atom. The van der Waals surface area contributed by atoms with Crippen LogP contribution in [0.3, 0.4) is 0 Å². The van der Waals surface area contributed by atoms with Crippen LogP contribution in [0.25, 0.3) is 11.0 Å². The minimum absolute atomic E-state index is 0.0808. The molecule has 0 saturated heterocycles.